The molecule has 5 aromatic carbocycles. The number of thioether (sulfide) groups is 2. The number of nitriles is 2. The summed E-state index contributed by atoms with van der Waals surface area (Å²) in [6.45, 7) is 13.8. The van der Waals surface area contributed by atoms with E-state index < -0.39 is 5.60 Å². The first-order chi connectivity index (χ1) is 55.3. The van der Waals surface area contributed by atoms with Crippen LogP contribution in [-0.2, 0) is 35.6 Å². The van der Waals surface area contributed by atoms with Crippen LogP contribution in [0.5, 0.6) is 0 Å². The van der Waals surface area contributed by atoms with Crippen molar-refractivity contribution >= 4 is 152 Å². The summed E-state index contributed by atoms with van der Waals surface area (Å²) >= 11 is 17.8. The molecule has 14 rings (SSSR count). The number of tetrazole rings is 4. The number of benzene rings is 5. The first kappa shape index (κ1) is 102. The minimum absolute atomic E-state index is 0. The predicted octanol–water partition coefficient (Wildman–Crippen LogP) is 6.31. The standard InChI is InChI=1S/C19H24N6OS2.C14H21NO.C10H7N5O2.C10H6N2O2.C8H5NO2.C5H5N5OS2.C4H9O.C3H6N4.C2H2ClN.ClH.K.H3N/c1-3-4-5-6-11-24(2)15-9-7-14(8-10-15)12-16-18(26)25(19(27)28-16)13-17-20-22-23-21-17;1-3-4-5-6-11-15(2)14-9-7-13(12-16)8-10-14;16-9-6-3-1-2-4-7(6)10(17)15(9)5-8-11-13-14-12-8;11-5-6-12-9(13)7-3-1-2-4-8(7)10(12)14;10-7-5-3-1-2-4-6(5)8(11)9-7;11-4-2-13-5(12)10(4)1-3-6-8-9-7-3;1-4(2,3)5;1-2-3-4-6-7-5-3;3-1-2-4;;;/h7-10,12H,3-6,11,13H2,1-2H3,(H,20,21,22,23);7-10,12H,3-6,11H2,1-2H3;1-4H,5H2,(H,11,12,13,14);1-4H,6H2;1-4H,(H,9,10,11);1-2H2,(H,6,7,8,9);1-3H3;2H2,1H3,(H,4,5,6,7);1H2;1H;;1H3/q;;;;;;-1;;;;+1;/b16-12-;;;;;;;;;;;. The van der Waals surface area contributed by atoms with Gasteiger partial charge in [-0.2, -0.15) is 31.4 Å². The van der Waals surface area contributed by atoms with Crippen molar-refractivity contribution in [1.29, 1.82) is 10.5 Å². The molecule has 36 nitrogen and oxygen atoms in total. The van der Waals surface area contributed by atoms with Crippen molar-refractivity contribution in [1.82, 2.24) is 114 Å². The van der Waals surface area contributed by atoms with E-state index in [2.05, 4.69) is 138 Å². The Morgan fingerprint density at radius 1 is 0.525 bits per heavy atom. The smallest absolute Gasteiger partial charge is 0.850 e. The zero-order valence-corrected chi connectivity index (χ0v) is 74.3. The van der Waals surface area contributed by atoms with E-state index >= 15 is 0 Å². The monoisotopic (exact) mass is 1750 g/mol. The van der Waals surface area contributed by atoms with Crippen LogP contribution in [0.3, 0.4) is 0 Å². The molecule has 5 aliphatic rings. The number of hydrogen-bond acceptors (Lipinski definition) is 31. The van der Waals surface area contributed by atoms with Crippen LogP contribution < -0.4 is 77.8 Å². The van der Waals surface area contributed by atoms with E-state index in [1.165, 1.54) is 96.1 Å². The van der Waals surface area contributed by atoms with Gasteiger partial charge in [-0.25, -0.2) is 0 Å². The molecular weight excluding hydrogens is 1660 g/mol. The van der Waals surface area contributed by atoms with Crippen molar-refractivity contribution in [3.63, 3.8) is 0 Å². The summed E-state index contributed by atoms with van der Waals surface area (Å²) in [5.74, 6) is 0.344. The summed E-state index contributed by atoms with van der Waals surface area (Å²) in [5, 5.41) is 81.3. The number of aromatic nitrogens is 16. The Kier molecular flexibility index (Phi) is 46.6. The molecule has 8 N–H and O–H groups in total. The second-order valence-corrected chi connectivity index (χ2v) is 29.2. The van der Waals surface area contributed by atoms with Gasteiger partial charge >= 0.3 is 51.4 Å². The molecule has 4 aromatic heterocycles. The van der Waals surface area contributed by atoms with Gasteiger partial charge in [0.15, 0.2) is 23.3 Å². The van der Waals surface area contributed by atoms with E-state index in [0.29, 0.717) is 76.7 Å². The molecule has 118 heavy (non-hydrogen) atoms. The van der Waals surface area contributed by atoms with Crippen molar-refractivity contribution in [2.75, 3.05) is 55.2 Å². The Morgan fingerprint density at radius 2 is 0.890 bits per heavy atom. The van der Waals surface area contributed by atoms with Gasteiger partial charge in [0.2, 0.25) is 5.91 Å². The van der Waals surface area contributed by atoms with Crippen LogP contribution in [0, 0.1) is 22.7 Å². The molecule has 9 aromatic rings. The van der Waals surface area contributed by atoms with Crippen LogP contribution in [0.4, 0.5) is 11.4 Å². The molecule has 43 heteroatoms. The summed E-state index contributed by atoms with van der Waals surface area (Å²) in [6.07, 6.45) is 13.7. The van der Waals surface area contributed by atoms with Crippen molar-refractivity contribution < 1.29 is 99.6 Å². The van der Waals surface area contributed by atoms with Crippen LogP contribution in [0.2, 0.25) is 0 Å². The van der Waals surface area contributed by atoms with Crippen LogP contribution >= 0.6 is 72.0 Å². The first-order valence-corrected chi connectivity index (χ1v) is 39.0. The van der Waals surface area contributed by atoms with Crippen LogP contribution in [0.15, 0.2) is 126 Å². The fourth-order valence-corrected chi connectivity index (χ4v) is 12.5. The van der Waals surface area contributed by atoms with Crippen LogP contribution in [0.25, 0.3) is 6.08 Å². The number of nitrogens with one attached hydrogen (secondary N) is 5. The molecule has 0 radical (unpaired) electrons. The van der Waals surface area contributed by atoms with E-state index in [4.69, 9.17) is 46.6 Å². The SMILES string of the molecule is CC(C)(C)[O-].CCCCCCN(C)c1ccc(/C=C2\SC(=S)N(Cc3nn[nH]n3)C2=O)cc1.CCCCCCN(C)c1ccc(C=O)cc1.CCc1nn[nH]n1.Cl.N.N#CCCl.N#CCN1C(=O)c2ccccc2C1=O.O=C1CSC(=S)N1Cc1nn[nH]n1.O=C1NC(=O)c2ccccc21.O=C1c2ccccc2C(=O)N1Cc1nn[nH]n1.[K+]. The summed E-state index contributed by atoms with van der Waals surface area (Å²) in [4.78, 5) is 113. The molecule has 618 valence electrons. The maximum Gasteiger partial charge on any atom is 1.00 e. The Morgan fingerprint density at radius 3 is 1.22 bits per heavy atom. The summed E-state index contributed by atoms with van der Waals surface area (Å²) in [5.41, 5.74) is 5.87. The van der Waals surface area contributed by atoms with Crippen molar-refractivity contribution in [3.05, 3.63) is 194 Å². The van der Waals surface area contributed by atoms with E-state index in [0.717, 1.165) is 52.5 Å². The third kappa shape index (κ3) is 32.9. The number of carbonyl (C=O) groups is 9. The first-order valence-electron chi connectivity index (χ1n) is 35.8. The van der Waals surface area contributed by atoms with Gasteiger partial charge in [-0.3, -0.25) is 68.1 Å². The van der Waals surface area contributed by atoms with Crippen molar-refractivity contribution in [3.8, 4) is 12.1 Å². The number of alkyl halides is 1. The van der Waals surface area contributed by atoms with Gasteiger partial charge in [-0.05, 0) is 97.3 Å². The van der Waals surface area contributed by atoms with Gasteiger partial charge < -0.3 is 21.1 Å². The number of fused-ring (bicyclic) bond motifs is 3. The average molecular weight is 1750 g/mol. The Hall–Kier alpha value is -10.3. The Labute approximate surface area is 754 Å². The summed E-state index contributed by atoms with van der Waals surface area (Å²) in [6, 6.07) is 39.5. The maximum atomic E-state index is 12.6. The van der Waals surface area contributed by atoms with E-state index in [1.807, 2.05) is 49.4 Å². The van der Waals surface area contributed by atoms with Gasteiger partial charge in [0.05, 0.1) is 75.8 Å². The summed E-state index contributed by atoms with van der Waals surface area (Å²) in [7, 11) is 4.21. The molecule has 0 saturated carbocycles. The molecule has 0 spiro atoms. The molecule has 9 heterocycles. The maximum absolute atomic E-state index is 12.6. The minimum Gasteiger partial charge on any atom is -0.850 e. The number of halogens is 2. The number of hydrogen-bond donors (Lipinski definition) is 6. The topological polar surface area (TPSA) is 509 Å². The van der Waals surface area contributed by atoms with E-state index in [9.17, 15) is 48.3 Å². The van der Waals surface area contributed by atoms with Gasteiger partial charge in [-0.1, -0.05) is 197 Å². The molecule has 0 aliphatic carbocycles. The number of H-pyrrole nitrogens is 4. The largest absolute Gasteiger partial charge is 1.00 e. The number of aldehydes is 1. The second kappa shape index (κ2) is 53.9. The minimum atomic E-state index is -0.750. The number of anilines is 2. The molecule has 0 atom stereocenters. The molecular formula is C75H89Cl2KN26O10S4. The third-order valence-electron chi connectivity index (χ3n) is 16.0. The molecule has 5 aliphatic heterocycles. The molecule has 2 fully saturated rings. The average Bonchev–Trinajstić information content (AvgIpc) is 1.64. The second-order valence-electron chi connectivity index (χ2n) is 25.6. The Balaban J connectivity index is 0.000000358. The number of aryl methyl sites for hydroxylation is 1. The number of rotatable bonds is 22. The number of unbranched alkanes of at least 4 members (excludes halogenated alkanes) is 6. The number of thiocarbonyl (C=S) groups is 2. The van der Waals surface area contributed by atoms with Gasteiger partial charge in [0, 0.05) is 50.5 Å². The van der Waals surface area contributed by atoms with Gasteiger partial charge in [-0.15, -0.1) is 70.4 Å². The molecule has 0 unspecified atom stereocenters. The fraction of sp³-hybridized carbons (Fsp3) is 0.347. The van der Waals surface area contributed by atoms with Crippen LogP contribution in [0.1, 0.15) is 194 Å². The number of carbonyl (C=O) groups excluding carboxylic acids is 9. The van der Waals surface area contributed by atoms with Crippen molar-refractivity contribution in [2.45, 2.75) is 125 Å². The zero-order valence-electron chi connectivity index (χ0n) is 66.4. The quantitative estimate of drug-likeness (QED) is 0.00632. The van der Waals surface area contributed by atoms with E-state index in [-0.39, 0.29) is 143 Å². The van der Waals surface area contributed by atoms with Crippen LogP contribution in [-0.4, -0.2) is 215 Å². The summed E-state index contributed by atoms with van der Waals surface area (Å²) < 4.78 is 1.08. The predicted molar refractivity (Wildman–Crippen MR) is 448 cm³/mol. The zero-order chi connectivity index (χ0) is 83.8. The number of nitrogens with zero attached hydrogens (tertiary/aromatic N) is 20. The van der Waals surface area contributed by atoms with Gasteiger partial charge in [0.25, 0.3) is 41.4 Å². The molecule has 8 amide bonds. The third-order valence-corrected chi connectivity index (χ3v) is 18.9. The molecule has 0 bridgehead atoms. The fourth-order valence-electron chi connectivity index (χ4n) is 10.2. The molecule has 2 saturated heterocycles. The number of aromatic amines is 4. The number of amides is 8. The van der Waals surface area contributed by atoms with Crippen molar-refractivity contribution in [2.24, 2.45) is 0 Å². The normalized spacial score (nSPS) is 13.3. The number of imide groups is 3. The Bertz CT molecular complexity index is 4700. The van der Waals surface area contributed by atoms with E-state index in [1.54, 1.807) is 106 Å². The van der Waals surface area contributed by atoms with Gasteiger partial charge in [0.1, 0.15) is 27.4 Å².